The summed E-state index contributed by atoms with van der Waals surface area (Å²) in [5.41, 5.74) is 4.99. The minimum Gasteiger partial charge on any atom is -0.481 e. The van der Waals surface area contributed by atoms with E-state index in [9.17, 15) is 14.4 Å². The average molecular weight is 288 g/mol. The van der Waals surface area contributed by atoms with Crippen molar-refractivity contribution in [3.8, 4) is 0 Å². The summed E-state index contributed by atoms with van der Waals surface area (Å²) in [5, 5.41) is 11.8. The molecule has 6 nitrogen and oxygen atoms in total. The molecule has 4 N–H and O–H groups in total. The summed E-state index contributed by atoms with van der Waals surface area (Å²) in [6, 6.07) is 0.0873. The number of rotatable bonds is 7. The van der Waals surface area contributed by atoms with E-state index in [1.807, 2.05) is 0 Å². The molecule has 1 rings (SSSR count). The van der Waals surface area contributed by atoms with Gasteiger partial charge >= 0.3 is 5.97 Å². The van der Waals surface area contributed by atoms with Crippen molar-refractivity contribution < 1.29 is 19.5 Å². The number of carbonyl (C=O) groups is 3. The molecular formula is C12H20N2O4S. The zero-order valence-corrected chi connectivity index (χ0v) is 11.6. The number of thioether (sulfide) groups is 1. The molecule has 0 atom stereocenters. The minimum atomic E-state index is -0.743. The zero-order valence-electron chi connectivity index (χ0n) is 10.8. The van der Waals surface area contributed by atoms with Crippen LogP contribution < -0.4 is 11.1 Å². The van der Waals surface area contributed by atoms with E-state index in [1.165, 1.54) is 11.8 Å². The van der Waals surface area contributed by atoms with E-state index >= 15 is 0 Å². The van der Waals surface area contributed by atoms with E-state index in [-0.39, 0.29) is 29.5 Å². The summed E-state index contributed by atoms with van der Waals surface area (Å²) in [6.45, 7) is 0. The minimum absolute atomic E-state index is 0.0456. The van der Waals surface area contributed by atoms with Crippen LogP contribution in [0.5, 0.6) is 0 Å². The van der Waals surface area contributed by atoms with Gasteiger partial charge in [-0.05, 0) is 25.7 Å². The lowest BCUT2D eigenvalue weighted by molar-refractivity contribution is -0.142. The summed E-state index contributed by atoms with van der Waals surface area (Å²) in [6.07, 6.45) is 3.04. The number of hydrogen-bond acceptors (Lipinski definition) is 4. The Labute approximate surface area is 116 Å². The van der Waals surface area contributed by atoms with Gasteiger partial charge in [0.05, 0.1) is 11.7 Å². The highest BCUT2D eigenvalue weighted by Crippen LogP contribution is 2.24. The van der Waals surface area contributed by atoms with Crippen molar-refractivity contribution in [2.24, 2.45) is 11.7 Å². The van der Waals surface area contributed by atoms with E-state index in [0.29, 0.717) is 25.0 Å². The Morgan fingerprint density at radius 2 is 1.84 bits per heavy atom. The van der Waals surface area contributed by atoms with Gasteiger partial charge in [-0.25, -0.2) is 0 Å². The maximum atomic E-state index is 11.6. The molecule has 7 heteroatoms. The molecule has 0 saturated heterocycles. The van der Waals surface area contributed by atoms with Gasteiger partial charge in [0.2, 0.25) is 11.8 Å². The summed E-state index contributed by atoms with van der Waals surface area (Å²) >= 11 is 1.34. The van der Waals surface area contributed by atoms with Gasteiger partial charge in [-0.2, -0.15) is 11.8 Å². The van der Waals surface area contributed by atoms with Crippen molar-refractivity contribution in [3.05, 3.63) is 0 Å². The smallest absolute Gasteiger partial charge is 0.306 e. The van der Waals surface area contributed by atoms with Crippen molar-refractivity contribution in [1.82, 2.24) is 5.32 Å². The van der Waals surface area contributed by atoms with Gasteiger partial charge in [-0.15, -0.1) is 0 Å². The van der Waals surface area contributed by atoms with Crippen LogP contribution in [0.15, 0.2) is 0 Å². The molecule has 1 fully saturated rings. The topological polar surface area (TPSA) is 109 Å². The van der Waals surface area contributed by atoms with Crippen LogP contribution in [0.1, 0.15) is 32.1 Å². The molecular weight excluding hydrogens is 268 g/mol. The van der Waals surface area contributed by atoms with E-state index in [0.717, 1.165) is 12.8 Å². The molecule has 0 heterocycles. The van der Waals surface area contributed by atoms with Gasteiger partial charge in [-0.3, -0.25) is 14.4 Å². The zero-order chi connectivity index (χ0) is 14.3. The second-order valence-electron chi connectivity index (χ2n) is 4.72. The Kier molecular flexibility index (Phi) is 6.69. The molecule has 19 heavy (non-hydrogen) atoms. The SMILES string of the molecule is NC(=O)CSCCC(=O)NC1CCC(C(=O)O)CC1. The van der Waals surface area contributed by atoms with Crippen LogP contribution in [0.4, 0.5) is 0 Å². The first kappa shape index (κ1) is 15.8. The van der Waals surface area contributed by atoms with E-state index in [4.69, 9.17) is 10.8 Å². The molecule has 0 aromatic rings. The quantitative estimate of drug-likeness (QED) is 0.586. The Hall–Kier alpha value is -1.24. The van der Waals surface area contributed by atoms with Gasteiger partial charge in [0.15, 0.2) is 0 Å². The highest BCUT2D eigenvalue weighted by molar-refractivity contribution is 7.99. The van der Waals surface area contributed by atoms with Gasteiger partial charge < -0.3 is 16.2 Å². The lowest BCUT2D eigenvalue weighted by atomic mass is 9.86. The third kappa shape index (κ3) is 6.47. The van der Waals surface area contributed by atoms with E-state index in [1.54, 1.807) is 0 Å². The Bertz CT molecular complexity index is 341. The van der Waals surface area contributed by atoms with Crippen molar-refractivity contribution in [3.63, 3.8) is 0 Å². The summed E-state index contributed by atoms with van der Waals surface area (Å²) in [4.78, 5) is 32.9. The van der Waals surface area contributed by atoms with Crippen molar-refractivity contribution in [2.45, 2.75) is 38.1 Å². The second-order valence-corrected chi connectivity index (χ2v) is 5.83. The van der Waals surface area contributed by atoms with Crippen LogP contribution in [-0.4, -0.2) is 40.4 Å². The number of amides is 2. The molecule has 0 radical (unpaired) electrons. The van der Waals surface area contributed by atoms with Crippen LogP contribution >= 0.6 is 11.8 Å². The Morgan fingerprint density at radius 1 is 1.21 bits per heavy atom. The fourth-order valence-corrected chi connectivity index (χ4v) is 2.80. The summed E-state index contributed by atoms with van der Waals surface area (Å²) < 4.78 is 0. The van der Waals surface area contributed by atoms with Crippen LogP contribution in [0, 0.1) is 5.92 Å². The number of carbonyl (C=O) groups excluding carboxylic acids is 2. The van der Waals surface area contributed by atoms with Gasteiger partial charge in [0, 0.05) is 18.2 Å². The van der Waals surface area contributed by atoms with Crippen molar-refractivity contribution in [2.75, 3.05) is 11.5 Å². The lowest BCUT2D eigenvalue weighted by Crippen LogP contribution is -2.38. The summed E-state index contributed by atoms with van der Waals surface area (Å²) in [7, 11) is 0. The normalized spacial score (nSPS) is 22.7. The fourth-order valence-electron chi connectivity index (χ4n) is 2.12. The highest BCUT2D eigenvalue weighted by atomic mass is 32.2. The van der Waals surface area contributed by atoms with Gasteiger partial charge in [0.25, 0.3) is 0 Å². The molecule has 0 aliphatic heterocycles. The Morgan fingerprint density at radius 3 is 2.37 bits per heavy atom. The molecule has 2 amide bonds. The van der Waals surface area contributed by atoms with E-state index in [2.05, 4.69) is 5.32 Å². The van der Waals surface area contributed by atoms with Crippen molar-refractivity contribution in [1.29, 1.82) is 0 Å². The molecule has 0 unspecified atom stereocenters. The third-order valence-electron chi connectivity index (χ3n) is 3.16. The third-order valence-corrected chi connectivity index (χ3v) is 4.14. The van der Waals surface area contributed by atoms with Gasteiger partial charge in [0.1, 0.15) is 0 Å². The van der Waals surface area contributed by atoms with Crippen LogP contribution in [0.25, 0.3) is 0 Å². The molecule has 1 aliphatic rings. The number of carboxylic acid groups (broad SMARTS) is 1. The van der Waals surface area contributed by atoms with Gasteiger partial charge in [-0.1, -0.05) is 0 Å². The molecule has 1 saturated carbocycles. The monoisotopic (exact) mass is 288 g/mol. The lowest BCUT2D eigenvalue weighted by Gasteiger charge is -2.26. The fraction of sp³-hybridized carbons (Fsp3) is 0.750. The maximum Gasteiger partial charge on any atom is 0.306 e. The maximum absolute atomic E-state index is 11.6. The first-order valence-corrected chi connectivity index (χ1v) is 7.52. The predicted molar refractivity (Wildman–Crippen MR) is 72.7 cm³/mol. The van der Waals surface area contributed by atoms with E-state index < -0.39 is 5.97 Å². The second kappa shape index (κ2) is 8.04. The first-order valence-electron chi connectivity index (χ1n) is 6.37. The molecule has 0 aromatic carbocycles. The number of carboxylic acids is 1. The standard InChI is InChI=1S/C12H20N2O4S/c13-10(15)7-19-6-5-11(16)14-9-3-1-8(2-4-9)12(17)18/h8-9H,1-7H2,(H2,13,15)(H,14,16)(H,17,18). The summed E-state index contributed by atoms with van der Waals surface area (Å²) in [5.74, 6) is -0.629. The van der Waals surface area contributed by atoms with Crippen LogP contribution in [0.3, 0.4) is 0 Å². The Balaban J connectivity index is 2.13. The molecule has 108 valence electrons. The predicted octanol–water partition coefficient (Wildman–Crippen LogP) is 0.355. The number of nitrogens with two attached hydrogens (primary N) is 1. The largest absolute Gasteiger partial charge is 0.481 e. The molecule has 0 aromatic heterocycles. The number of aliphatic carboxylic acids is 1. The van der Waals surface area contributed by atoms with Crippen LogP contribution in [0.2, 0.25) is 0 Å². The first-order chi connectivity index (χ1) is 8.99. The molecule has 0 bridgehead atoms. The molecule has 1 aliphatic carbocycles. The van der Waals surface area contributed by atoms with Crippen molar-refractivity contribution >= 4 is 29.5 Å². The number of hydrogen-bond donors (Lipinski definition) is 3. The highest BCUT2D eigenvalue weighted by Gasteiger charge is 2.26. The average Bonchev–Trinajstić information content (AvgIpc) is 2.35. The number of nitrogens with one attached hydrogen (secondary N) is 1. The number of primary amides is 1. The van der Waals surface area contributed by atoms with Crippen LogP contribution in [-0.2, 0) is 14.4 Å². The molecule has 0 spiro atoms.